The van der Waals surface area contributed by atoms with E-state index in [1.165, 1.54) is 18.2 Å². The lowest BCUT2D eigenvalue weighted by atomic mass is 10.1. The van der Waals surface area contributed by atoms with E-state index < -0.39 is 39.8 Å². The number of hydrogen-bond acceptors (Lipinski definition) is 7. The molecule has 0 atom stereocenters. The number of imide groups is 2. The van der Waals surface area contributed by atoms with Gasteiger partial charge in [-0.1, -0.05) is 18.2 Å². The summed E-state index contributed by atoms with van der Waals surface area (Å²) in [5.41, 5.74) is -0.739. The van der Waals surface area contributed by atoms with Gasteiger partial charge < -0.3 is 9.84 Å². The Morgan fingerprint density at radius 3 is 2.52 bits per heavy atom. The number of nitro groups is 1. The molecule has 2 aromatic carbocycles. The predicted molar refractivity (Wildman–Crippen MR) is 101 cm³/mol. The smallest absolute Gasteiger partial charge is 0.335 e. The topological polar surface area (TPSA) is 139 Å². The number of phenols is 1. The quantitative estimate of drug-likeness (QED) is 0.342. The number of para-hydroxylation sites is 1. The molecular formula is C19H15N3O7. The number of aromatic hydroxyl groups is 1. The summed E-state index contributed by atoms with van der Waals surface area (Å²) in [5.74, 6) is -2.67. The molecule has 1 saturated heterocycles. The molecule has 10 heteroatoms. The molecule has 1 heterocycles. The number of carbonyl (C=O) groups excluding carboxylic acids is 3. The second kappa shape index (κ2) is 7.80. The van der Waals surface area contributed by atoms with Gasteiger partial charge in [0.15, 0.2) is 5.75 Å². The molecule has 2 N–H and O–H groups in total. The SMILES string of the molecule is CCOc1cc(/C=C2/C(=O)NC(=O)N(c3ccccc3)C2=O)cc([N+](=O)[O-])c1O. The molecule has 1 aliphatic heterocycles. The van der Waals surface area contributed by atoms with Crippen molar-refractivity contribution in [3.05, 3.63) is 63.7 Å². The van der Waals surface area contributed by atoms with Crippen molar-refractivity contribution >= 4 is 35.3 Å². The van der Waals surface area contributed by atoms with Crippen LogP contribution in [0.4, 0.5) is 16.2 Å². The number of carbonyl (C=O) groups is 3. The van der Waals surface area contributed by atoms with Crippen LogP contribution in [0.25, 0.3) is 6.08 Å². The number of amides is 4. The zero-order valence-corrected chi connectivity index (χ0v) is 15.1. The Morgan fingerprint density at radius 1 is 1.21 bits per heavy atom. The lowest BCUT2D eigenvalue weighted by Gasteiger charge is -2.26. The van der Waals surface area contributed by atoms with E-state index in [-0.39, 0.29) is 23.6 Å². The van der Waals surface area contributed by atoms with E-state index in [0.717, 1.165) is 17.0 Å². The number of hydrogen-bond donors (Lipinski definition) is 2. The summed E-state index contributed by atoms with van der Waals surface area (Å²) < 4.78 is 5.18. The molecule has 0 unspecified atom stereocenters. The van der Waals surface area contributed by atoms with Gasteiger partial charge in [0.2, 0.25) is 5.75 Å². The third-order valence-electron chi connectivity index (χ3n) is 4.00. The fraction of sp³-hybridized carbons (Fsp3) is 0.105. The fourth-order valence-electron chi connectivity index (χ4n) is 2.74. The van der Waals surface area contributed by atoms with Gasteiger partial charge in [-0.3, -0.25) is 25.0 Å². The monoisotopic (exact) mass is 397 g/mol. The minimum Gasteiger partial charge on any atom is -0.500 e. The minimum absolute atomic E-state index is 0.0683. The molecule has 2 aromatic rings. The number of barbiturate groups is 1. The average Bonchev–Trinajstić information content (AvgIpc) is 2.68. The highest BCUT2D eigenvalue weighted by Gasteiger charge is 2.37. The summed E-state index contributed by atoms with van der Waals surface area (Å²) >= 11 is 0. The Morgan fingerprint density at radius 2 is 1.90 bits per heavy atom. The first-order chi connectivity index (χ1) is 13.8. The van der Waals surface area contributed by atoms with Crippen LogP contribution in [0, 0.1) is 10.1 Å². The molecule has 0 spiro atoms. The summed E-state index contributed by atoms with van der Waals surface area (Å²) in [6.45, 7) is 1.75. The molecule has 0 radical (unpaired) electrons. The molecular weight excluding hydrogens is 382 g/mol. The third-order valence-corrected chi connectivity index (χ3v) is 4.00. The van der Waals surface area contributed by atoms with Crippen molar-refractivity contribution in [2.45, 2.75) is 6.92 Å². The zero-order chi connectivity index (χ0) is 21.1. The molecule has 0 aliphatic carbocycles. The molecule has 148 valence electrons. The van der Waals surface area contributed by atoms with Gasteiger partial charge in [0, 0.05) is 6.07 Å². The first kappa shape index (κ1) is 19.5. The van der Waals surface area contributed by atoms with E-state index in [1.54, 1.807) is 25.1 Å². The summed E-state index contributed by atoms with van der Waals surface area (Å²) in [6, 6.07) is 9.31. The zero-order valence-electron chi connectivity index (χ0n) is 15.1. The van der Waals surface area contributed by atoms with Crippen molar-refractivity contribution < 1.29 is 29.2 Å². The maximum Gasteiger partial charge on any atom is 0.335 e. The van der Waals surface area contributed by atoms with Crippen molar-refractivity contribution in [2.24, 2.45) is 0 Å². The van der Waals surface area contributed by atoms with Gasteiger partial charge in [-0.25, -0.2) is 9.69 Å². The number of rotatable bonds is 5. The maximum absolute atomic E-state index is 12.8. The normalized spacial score (nSPS) is 15.4. The summed E-state index contributed by atoms with van der Waals surface area (Å²) in [5, 5.41) is 23.2. The lowest BCUT2D eigenvalue weighted by Crippen LogP contribution is -2.54. The van der Waals surface area contributed by atoms with E-state index in [1.807, 2.05) is 0 Å². The van der Waals surface area contributed by atoms with Gasteiger partial charge >= 0.3 is 11.7 Å². The molecule has 4 amide bonds. The highest BCUT2D eigenvalue weighted by Crippen LogP contribution is 2.38. The molecule has 29 heavy (non-hydrogen) atoms. The van der Waals surface area contributed by atoms with Crippen LogP contribution >= 0.6 is 0 Å². The average molecular weight is 397 g/mol. The Balaban J connectivity index is 2.09. The highest BCUT2D eigenvalue weighted by molar-refractivity contribution is 6.39. The second-order valence-electron chi connectivity index (χ2n) is 5.87. The lowest BCUT2D eigenvalue weighted by molar-refractivity contribution is -0.386. The largest absolute Gasteiger partial charge is 0.500 e. The number of anilines is 1. The van der Waals surface area contributed by atoms with Crippen LogP contribution in [-0.4, -0.2) is 34.5 Å². The number of benzene rings is 2. The Kier molecular flexibility index (Phi) is 5.26. The second-order valence-corrected chi connectivity index (χ2v) is 5.87. The van der Waals surface area contributed by atoms with Gasteiger partial charge in [0.1, 0.15) is 5.57 Å². The summed E-state index contributed by atoms with van der Waals surface area (Å²) in [7, 11) is 0. The number of urea groups is 1. The van der Waals surface area contributed by atoms with Gasteiger partial charge in [0.25, 0.3) is 11.8 Å². The molecule has 3 rings (SSSR count). The number of nitro benzene ring substituents is 1. The van der Waals surface area contributed by atoms with Crippen molar-refractivity contribution in [3.8, 4) is 11.5 Å². The molecule has 0 aromatic heterocycles. The Hall–Kier alpha value is -4.21. The van der Waals surface area contributed by atoms with Crippen LogP contribution in [0.3, 0.4) is 0 Å². The standard InChI is InChI=1S/C19H15N3O7/c1-2-29-15-10-11(9-14(16(15)23)22(27)28)8-13-17(24)20-19(26)21(18(13)25)12-6-4-3-5-7-12/h3-10,23H,2H2,1H3,(H,20,24,26)/b13-8-. The summed E-state index contributed by atoms with van der Waals surface area (Å²) in [6.07, 6.45) is 1.09. The van der Waals surface area contributed by atoms with Crippen LogP contribution in [0.1, 0.15) is 12.5 Å². The van der Waals surface area contributed by atoms with Crippen molar-refractivity contribution in [1.29, 1.82) is 0 Å². The van der Waals surface area contributed by atoms with Crippen LogP contribution in [0.15, 0.2) is 48.0 Å². The molecule has 0 saturated carbocycles. The number of nitrogens with one attached hydrogen (secondary N) is 1. The molecule has 10 nitrogen and oxygen atoms in total. The predicted octanol–water partition coefficient (Wildman–Crippen LogP) is 2.37. The first-order valence-corrected chi connectivity index (χ1v) is 8.44. The maximum atomic E-state index is 12.8. The Bertz CT molecular complexity index is 1050. The minimum atomic E-state index is -0.944. The Labute approximate surface area is 164 Å². The number of nitrogens with zero attached hydrogens (tertiary/aromatic N) is 2. The fourth-order valence-corrected chi connectivity index (χ4v) is 2.74. The first-order valence-electron chi connectivity index (χ1n) is 8.44. The van der Waals surface area contributed by atoms with Crippen LogP contribution in [0.5, 0.6) is 11.5 Å². The van der Waals surface area contributed by atoms with E-state index in [9.17, 15) is 29.6 Å². The van der Waals surface area contributed by atoms with Crippen LogP contribution in [0.2, 0.25) is 0 Å². The van der Waals surface area contributed by atoms with Crippen LogP contribution < -0.4 is 15.0 Å². The van der Waals surface area contributed by atoms with Crippen molar-refractivity contribution in [2.75, 3.05) is 11.5 Å². The molecule has 0 bridgehead atoms. The van der Waals surface area contributed by atoms with E-state index in [2.05, 4.69) is 5.32 Å². The van der Waals surface area contributed by atoms with Gasteiger partial charge in [-0.15, -0.1) is 0 Å². The highest BCUT2D eigenvalue weighted by atomic mass is 16.6. The third kappa shape index (κ3) is 3.76. The number of ether oxygens (including phenoxy) is 1. The van der Waals surface area contributed by atoms with E-state index in [0.29, 0.717) is 0 Å². The van der Waals surface area contributed by atoms with Gasteiger partial charge in [0.05, 0.1) is 17.2 Å². The van der Waals surface area contributed by atoms with Gasteiger partial charge in [-0.05, 0) is 36.8 Å². The van der Waals surface area contributed by atoms with Crippen molar-refractivity contribution in [3.63, 3.8) is 0 Å². The van der Waals surface area contributed by atoms with Gasteiger partial charge in [-0.2, -0.15) is 0 Å². The van der Waals surface area contributed by atoms with Crippen LogP contribution in [-0.2, 0) is 9.59 Å². The summed E-state index contributed by atoms with van der Waals surface area (Å²) in [4.78, 5) is 48.4. The van der Waals surface area contributed by atoms with Crippen molar-refractivity contribution in [1.82, 2.24) is 5.32 Å². The van der Waals surface area contributed by atoms with E-state index >= 15 is 0 Å². The molecule has 1 fully saturated rings. The van der Waals surface area contributed by atoms with E-state index in [4.69, 9.17) is 4.74 Å². The molecule has 1 aliphatic rings. The number of phenolic OH excluding ortho intramolecular Hbond substituents is 1.